The highest BCUT2D eigenvalue weighted by Crippen LogP contribution is 2.30. The highest BCUT2D eigenvalue weighted by molar-refractivity contribution is 5.93. The SMILES string of the molecule is Cc1ccc(C)c(NC(=O)[C@H]2CCCN(c3c(Cc4ccccc4)c(C)nc4ncnn34)C2)c1. The number of piperidine rings is 1. The van der Waals surface area contributed by atoms with Crippen molar-refractivity contribution in [2.75, 3.05) is 23.3 Å². The number of nitrogens with one attached hydrogen (secondary N) is 1. The lowest BCUT2D eigenvalue weighted by atomic mass is 9.95. The van der Waals surface area contributed by atoms with Crippen LogP contribution in [0.3, 0.4) is 0 Å². The topological polar surface area (TPSA) is 75.4 Å². The van der Waals surface area contributed by atoms with Gasteiger partial charge in [0, 0.05) is 36.5 Å². The van der Waals surface area contributed by atoms with Crippen LogP contribution in [0.1, 0.15) is 40.8 Å². The number of nitrogens with zero attached hydrogens (tertiary/aromatic N) is 5. The van der Waals surface area contributed by atoms with Gasteiger partial charge < -0.3 is 10.2 Å². The largest absolute Gasteiger partial charge is 0.355 e. The van der Waals surface area contributed by atoms with Gasteiger partial charge in [-0.3, -0.25) is 4.79 Å². The van der Waals surface area contributed by atoms with Crippen LogP contribution in [0.25, 0.3) is 5.78 Å². The molecule has 1 atom stereocenters. The van der Waals surface area contributed by atoms with Gasteiger partial charge in [-0.05, 0) is 56.4 Å². The van der Waals surface area contributed by atoms with Crippen LogP contribution in [-0.4, -0.2) is 38.6 Å². The van der Waals surface area contributed by atoms with Crippen molar-refractivity contribution in [1.82, 2.24) is 19.6 Å². The van der Waals surface area contributed by atoms with E-state index >= 15 is 0 Å². The average molecular weight is 455 g/mol. The van der Waals surface area contributed by atoms with Gasteiger partial charge in [0.1, 0.15) is 12.1 Å². The zero-order valence-corrected chi connectivity index (χ0v) is 20.0. The van der Waals surface area contributed by atoms with Gasteiger partial charge in [0.25, 0.3) is 5.78 Å². The van der Waals surface area contributed by atoms with Gasteiger partial charge in [-0.25, -0.2) is 4.98 Å². The van der Waals surface area contributed by atoms with Crippen molar-refractivity contribution in [3.05, 3.63) is 82.8 Å². The van der Waals surface area contributed by atoms with E-state index in [1.807, 2.05) is 37.4 Å². The highest BCUT2D eigenvalue weighted by atomic mass is 16.1. The molecule has 0 aliphatic carbocycles. The van der Waals surface area contributed by atoms with E-state index in [0.29, 0.717) is 12.3 Å². The summed E-state index contributed by atoms with van der Waals surface area (Å²) in [4.78, 5) is 24.6. The van der Waals surface area contributed by atoms with Crippen LogP contribution in [0.5, 0.6) is 0 Å². The molecule has 1 amide bonds. The van der Waals surface area contributed by atoms with Crippen molar-refractivity contribution in [2.45, 2.75) is 40.0 Å². The minimum absolute atomic E-state index is 0.0728. The normalized spacial score (nSPS) is 16.1. The van der Waals surface area contributed by atoms with Crippen LogP contribution in [0.4, 0.5) is 11.5 Å². The lowest BCUT2D eigenvalue weighted by Crippen LogP contribution is -2.42. The number of amides is 1. The number of benzene rings is 2. The Morgan fingerprint density at radius 1 is 1.12 bits per heavy atom. The fraction of sp³-hybridized carbons (Fsp3) is 0.333. The minimum Gasteiger partial charge on any atom is -0.355 e. The van der Waals surface area contributed by atoms with E-state index in [-0.39, 0.29) is 11.8 Å². The predicted molar refractivity (Wildman–Crippen MR) is 134 cm³/mol. The van der Waals surface area contributed by atoms with Crippen LogP contribution in [-0.2, 0) is 11.2 Å². The van der Waals surface area contributed by atoms with Crippen LogP contribution < -0.4 is 10.2 Å². The number of anilines is 2. The molecule has 7 heteroatoms. The maximum atomic E-state index is 13.3. The van der Waals surface area contributed by atoms with E-state index in [1.165, 1.54) is 5.56 Å². The summed E-state index contributed by atoms with van der Waals surface area (Å²) in [7, 11) is 0. The average Bonchev–Trinajstić information content (AvgIpc) is 3.30. The summed E-state index contributed by atoms with van der Waals surface area (Å²) in [5.41, 5.74) is 6.39. The second-order valence-electron chi connectivity index (χ2n) is 9.23. The summed E-state index contributed by atoms with van der Waals surface area (Å²) in [6.45, 7) is 7.61. The Morgan fingerprint density at radius 3 is 2.76 bits per heavy atom. The molecule has 1 fully saturated rings. The van der Waals surface area contributed by atoms with Crippen molar-refractivity contribution in [1.29, 1.82) is 0 Å². The van der Waals surface area contributed by atoms with Crippen molar-refractivity contribution < 1.29 is 4.79 Å². The summed E-state index contributed by atoms with van der Waals surface area (Å²) in [6.07, 6.45) is 4.10. The summed E-state index contributed by atoms with van der Waals surface area (Å²) in [5, 5.41) is 7.68. The van der Waals surface area contributed by atoms with Gasteiger partial charge in [0.15, 0.2) is 0 Å². The van der Waals surface area contributed by atoms with Crippen molar-refractivity contribution >= 4 is 23.2 Å². The fourth-order valence-electron chi connectivity index (χ4n) is 4.79. The van der Waals surface area contributed by atoms with Gasteiger partial charge in [-0.1, -0.05) is 42.5 Å². The molecule has 3 heterocycles. The van der Waals surface area contributed by atoms with Gasteiger partial charge in [-0.15, -0.1) is 0 Å². The lowest BCUT2D eigenvalue weighted by molar-refractivity contribution is -0.120. The first kappa shape index (κ1) is 22.1. The second-order valence-corrected chi connectivity index (χ2v) is 9.23. The Labute approximate surface area is 199 Å². The van der Waals surface area contributed by atoms with Gasteiger partial charge in [0.05, 0.1) is 5.92 Å². The zero-order chi connectivity index (χ0) is 23.7. The van der Waals surface area contributed by atoms with E-state index in [2.05, 4.69) is 56.7 Å². The summed E-state index contributed by atoms with van der Waals surface area (Å²) >= 11 is 0. The molecule has 1 saturated heterocycles. The van der Waals surface area contributed by atoms with E-state index in [4.69, 9.17) is 4.98 Å². The number of aryl methyl sites for hydroxylation is 3. The number of carbonyl (C=O) groups excluding carboxylic acids is 1. The molecule has 2 aromatic heterocycles. The first-order valence-electron chi connectivity index (χ1n) is 11.9. The van der Waals surface area contributed by atoms with Gasteiger partial charge >= 0.3 is 0 Å². The Bertz CT molecular complexity index is 1330. The Kier molecular flexibility index (Phi) is 6.01. The molecule has 5 rings (SSSR count). The van der Waals surface area contributed by atoms with E-state index in [9.17, 15) is 4.79 Å². The van der Waals surface area contributed by atoms with E-state index < -0.39 is 0 Å². The summed E-state index contributed by atoms with van der Waals surface area (Å²) < 4.78 is 1.83. The predicted octanol–water partition coefficient (Wildman–Crippen LogP) is 4.50. The smallest absolute Gasteiger partial charge is 0.254 e. The van der Waals surface area contributed by atoms with Gasteiger partial charge in [-0.2, -0.15) is 14.6 Å². The zero-order valence-electron chi connectivity index (χ0n) is 20.0. The number of hydrogen-bond acceptors (Lipinski definition) is 5. The quantitative estimate of drug-likeness (QED) is 0.481. The van der Waals surface area contributed by atoms with Crippen molar-refractivity contribution in [3.63, 3.8) is 0 Å². The van der Waals surface area contributed by atoms with Crippen LogP contribution >= 0.6 is 0 Å². The molecule has 1 N–H and O–H groups in total. The van der Waals surface area contributed by atoms with E-state index in [0.717, 1.165) is 59.7 Å². The van der Waals surface area contributed by atoms with Crippen LogP contribution in [0.2, 0.25) is 0 Å². The monoisotopic (exact) mass is 454 g/mol. The Balaban J connectivity index is 1.46. The third-order valence-electron chi connectivity index (χ3n) is 6.67. The highest BCUT2D eigenvalue weighted by Gasteiger charge is 2.30. The third kappa shape index (κ3) is 4.38. The Morgan fingerprint density at radius 2 is 1.94 bits per heavy atom. The third-order valence-corrected chi connectivity index (χ3v) is 6.67. The summed E-state index contributed by atoms with van der Waals surface area (Å²) in [5.74, 6) is 1.55. The molecular formula is C27H30N6O. The molecule has 1 aliphatic rings. The first-order chi connectivity index (χ1) is 16.5. The molecule has 1 aliphatic heterocycles. The molecule has 0 radical (unpaired) electrons. The minimum atomic E-state index is -0.106. The molecule has 34 heavy (non-hydrogen) atoms. The maximum Gasteiger partial charge on any atom is 0.254 e. The molecule has 0 saturated carbocycles. The number of carbonyl (C=O) groups is 1. The standard InChI is InChI=1S/C27H30N6O/c1-18-11-12-19(2)24(14-18)31-25(34)22-10-7-13-32(16-22)26-23(15-21-8-5-4-6-9-21)20(3)30-27-28-17-29-33(26)27/h4-6,8-9,11-12,14,17,22H,7,10,13,15-16H2,1-3H3,(H,31,34)/t22-/m0/s1. The lowest BCUT2D eigenvalue weighted by Gasteiger charge is -2.35. The molecule has 174 valence electrons. The summed E-state index contributed by atoms with van der Waals surface area (Å²) in [6, 6.07) is 16.6. The number of hydrogen-bond donors (Lipinski definition) is 1. The molecule has 0 spiro atoms. The Hall–Kier alpha value is -3.74. The number of aromatic nitrogens is 4. The second kappa shape index (κ2) is 9.25. The molecular weight excluding hydrogens is 424 g/mol. The fourth-order valence-corrected chi connectivity index (χ4v) is 4.79. The van der Waals surface area contributed by atoms with Crippen LogP contribution in [0.15, 0.2) is 54.9 Å². The molecule has 4 aromatic rings. The van der Waals surface area contributed by atoms with Crippen LogP contribution in [0, 0.1) is 26.7 Å². The van der Waals surface area contributed by atoms with Crippen molar-refractivity contribution in [2.24, 2.45) is 5.92 Å². The molecule has 2 aromatic carbocycles. The first-order valence-corrected chi connectivity index (χ1v) is 11.9. The maximum absolute atomic E-state index is 13.3. The number of fused-ring (bicyclic) bond motifs is 1. The van der Waals surface area contributed by atoms with Crippen molar-refractivity contribution in [3.8, 4) is 0 Å². The molecule has 0 unspecified atom stereocenters. The molecule has 7 nitrogen and oxygen atoms in total. The van der Waals surface area contributed by atoms with Gasteiger partial charge in [0.2, 0.25) is 5.91 Å². The van der Waals surface area contributed by atoms with E-state index in [1.54, 1.807) is 6.33 Å². The molecule has 0 bridgehead atoms. The number of rotatable bonds is 5.